The Morgan fingerprint density at radius 3 is 2.62 bits per heavy atom. The van der Waals surface area contributed by atoms with E-state index < -0.39 is 0 Å². The Hall–Kier alpha value is -2.14. The lowest BCUT2D eigenvalue weighted by Crippen LogP contribution is -2.16. The van der Waals surface area contributed by atoms with E-state index in [4.69, 9.17) is 4.74 Å². The Kier molecular flexibility index (Phi) is 4.71. The van der Waals surface area contributed by atoms with Crippen LogP contribution in [0.1, 0.15) is 45.6 Å². The van der Waals surface area contributed by atoms with Gasteiger partial charge in [0.1, 0.15) is 5.00 Å². The highest BCUT2D eigenvalue weighted by Crippen LogP contribution is 2.48. The summed E-state index contributed by atoms with van der Waals surface area (Å²) >= 11 is 1.45. The number of aryl methyl sites for hydroxylation is 1. The topological polar surface area (TPSA) is 55.4 Å². The van der Waals surface area contributed by atoms with Crippen LogP contribution in [0.4, 0.5) is 5.00 Å². The third kappa shape index (κ3) is 3.08. The van der Waals surface area contributed by atoms with Crippen molar-refractivity contribution in [2.75, 3.05) is 12.4 Å². The summed E-state index contributed by atoms with van der Waals surface area (Å²) < 4.78 is 4.90. The molecule has 1 fully saturated rings. The molecule has 1 aliphatic rings. The molecule has 1 N–H and O–H groups in total. The lowest BCUT2D eigenvalue weighted by molar-refractivity contribution is -0.117. The maximum absolute atomic E-state index is 12.6. The third-order valence-corrected chi connectivity index (χ3v) is 5.61. The van der Waals surface area contributed by atoms with Crippen LogP contribution in [-0.2, 0) is 16.0 Å². The van der Waals surface area contributed by atoms with E-state index in [1.54, 1.807) is 0 Å². The average molecular weight is 343 g/mol. The van der Waals surface area contributed by atoms with E-state index in [0.29, 0.717) is 10.6 Å². The van der Waals surface area contributed by atoms with Crippen molar-refractivity contribution >= 4 is 28.2 Å². The van der Waals surface area contributed by atoms with Gasteiger partial charge in [-0.25, -0.2) is 4.79 Å². The summed E-state index contributed by atoms with van der Waals surface area (Å²) in [5.41, 5.74) is 2.66. The van der Waals surface area contributed by atoms with E-state index in [-0.39, 0.29) is 23.7 Å². The fourth-order valence-corrected chi connectivity index (χ4v) is 4.30. The largest absolute Gasteiger partial charge is 0.465 e. The van der Waals surface area contributed by atoms with Gasteiger partial charge in [0.2, 0.25) is 5.91 Å². The van der Waals surface area contributed by atoms with Crippen molar-refractivity contribution in [1.29, 1.82) is 0 Å². The molecule has 0 bridgehead atoms. The molecule has 5 heteroatoms. The summed E-state index contributed by atoms with van der Waals surface area (Å²) in [5, 5.41) is 3.57. The summed E-state index contributed by atoms with van der Waals surface area (Å²) in [4.78, 5) is 25.7. The fourth-order valence-electron chi connectivity index (χ4n) is 3.17. The zero-order chi connectivity index (χ0) is 17.3. The highest BCUT2D eigenvalue weighted by molar-refractivity contribution is 7.16. The molecule has 1 aliphatic carbocycles. The molecule has 0 aliphatic heterocycles. The molecule has 3 rings (SSSR count). The van der Waals surface area contributed by atoms with Crippen molar-refractivity contribution < 1.29 is 14.3 Å². The van der Waals surface area contributed by atoms with E-state index in [1.165, 1.54) is 24.0 Å². The highest BCUT2D eigenvalue weighted by Gasteiger charge is 2.44. The second-order valence-corrected chi connectivity index (χ2v) is 7.26. The molecule has 4 nitrogen and oxygen atoms in total. The number of carbonyl (C=O) groups excluding carboxylic acids is 2. The smallest absolute Gasteiger partial charge is 0.341 e. The first-order chi connectivity index (χ1) is 11.6. The van der Waals surface area contributed by atoms with Gasteiger partial charge in [0.05, 0.1) is 12.7 Å². The van der Waals surface area contributed by atoms with Gasteiger partial charge in [0, 0.05) is 10.8 Å². The minimum absolute atomic E-state index is 0.0158. The van der Waals surface area contributed by atoms with Gasteiger partial charge in [-0.15, -0.1) is 11.3 Å². The summed E-state index contributed by atoms with van der Waals surface area (Å²) in [5.74, 6) is -0.148. The van der Waals surface area contributed by atoms with Crippen LogP contribution in [0.3, 0.4) is 0 Å². The molecule has 0 spiro atoms. The molecule has 1 heterocycles. The number of esters is 1. The highest BCUT2D eigenvalue weighted by atomic mass is 32.1. The van der Waals surface area contributed by atoms with Crippen molar-refractivity contribution in [2.45, 2.75) is 32.6 Å². The van der Waals surface area contributed by atoms with Gasteiger partial charge in [0.15, 0.2) is 0 Å². The molecular weight excluding hydrogens is 322 g/mol. The van der Waals surface area contributed by atoms with E-state index in [0.717, 1.165) is 23.3 Å². The molecule has 1 saturated carbocycles. The lowest BCUT2D eigenvalue weighted by Gasteiger charge is -2.07. The molecular formula is C19H21NO3S. The first-order valence-electron chi connectivity index (χ1n) is 8.13. The number of thiophene rings is 1. The van der Waals surface area contributed by atoms with Crippen LogP contribution in [0.2, 0.25) is 0 Å². The number of carbonyl (C=O) groups is 2. The maximum atomic E-state index is 12.6. The average Bonchev–Trinajstić information content (AvgIpc) is 3.34. The zero-order valence-electron chi connectivity index (χ0n) is 14.1. The summed E-state index contributed by atoms with van der Waals surface area (Å²) in [6, 6.07) is 10.1. The Bertz CT molecular complexity index is 766. The number of methoxy groups -OCH3 is 1. The summed E-state index contributed by atoms with van der Waals surface area (Å²) in [6.07, 6.45) is 1.59. The van der Waals surface area contributed by atoms with Gasteiger partial charge in [-0.2, -0.15) is 0 Å². The summed E-state index contributed by atoms with van der Waals surface area (Å²) in [6.45, 7) is 3.97. The predicted molar refractivity (Wildman–Crippen MR) is 95.7 cm³/mol. The number of nitrogens with one attached hydrogen (secondary N) is 1. The lowest BCUT2D eigenvalue weighted by atomic mass is 10.1. The van der Waals surface area contributed by atoms with Gasteiger partial charge in [-0.3, -0.25) is 4.79 Å². The van der Waals surface area contributed by atoms with Gasteiger partial charge in [-0.05, 0) is 36.8 Å². The minimum Gasteiger partial charge on any atom is -0.465 e. The van der Waals surface area contributed by atoms with Crippen LogP contribution in [0.5, 0.6) is 0 Å². The predicted octanol–water partition coefficient (Wildman–Crippen LogP) is 4.15. The second kappa shape index (κ2) is 6.77. The zero-order valence-corrected chi connectivity index (χ0v) is 14.9. The minimum atomic E-state index is -0.387. The Balaban J connectivity index is 1.77. The van der Waals surface area contributed by atoms with Crippen molar-refractivity contribution in [3.05, 3.63) is 51.9 Å². The molecule has 1 aromatic heterocycles. The molecule has 0 saturated heterocycles. The van der Waals surface area contributed by atoms with Gasteiger partial charge in [-0.1, -0.05) is 37.3 Å². The van der Waals surface area contributed by atoms with Gasteiger partial charge < -0.3 is 10.1 Å². The SMILES string of the molecule is CCc1c(C)sc(NC(=O)C2CC2c2ccccc2)c1C(=O)OC. The standard InChI is InChI=1S/C19H21NO3S/c1-4-13-11(2)24-18(16(13)19(22)23-3)20-17(21)15-10-14(15)12-8-6-5-7-9-12/h5-9,14-15H,4,10H2,1-3H3,(H,20,21). The summed E-state index contributed by atoms with van der Waals surface area (Å²) in [7, 11) is 1.37. The van der Waals surface area contributed by atoms with Crippen molar-refractivity contribution in [3.63, 3.8) is 0 Å². The third-order valence-electron chi connectivity index (χ3n) is 4.54. The maximum Gasteiger partial charge on any atom is 0.341 e. The van der Waals surface area contributed by atoms with E-state index >= 15 is 0 Å². The van der Waals surface area contributed by atoms with Crippen molar-refractivity contribution in [3.8, 4) is 0 Å². The number of benzene rings is 1. The second-order valence-electron chi connectivity index (χ2n) is 6.03. The number of anilines is 1. The van der Waals surface area contributed by atoms with Crippen LogP contribution < -0.4 is 5.32 Å². The first-order valence-corrected chi connectivity index (χ1v) is 8.94. The number of hydrogen-bond donors (Lipinski definition) is 1. The monoisotopic (exact) mass is 343 g/mol. The molecule has 0 radical (unpaired) electrons. The van der Waals surface area contributed by atoms with E-state index in [9.17, 15) is 9.59 Å². The number of ether oxygens (including phenoxy) is 1. The number of rotatable bonds is 5. The Morgan fingerprint density at radius 2 is 2.00 bits per heavy atom. The Morgan fingerprint density at radius 1 is 1.29 bits per heavy atom. The van der Waals surface area contributed by atoms with Gasteiger partial charge >= 0.3 is 5.97 Å². The molecule has 24 heavy (non-hydrogen) atoms. The van der Waals surface area contributed by atoms with Crippen LogP contribution in [0.25, 0.3) is 0 Å². The van der Waals surface area contributed by atoms with E-state index in [2.05, 4.69) is 17.4 Å². The number of amides is 1. The molecule has 126 valence electrons. The molecule has 1 aromatic carbocycles. The van der Waals surface area contributed by atoms with E-state index in [1.807, 2.05) is 32.0 Å². The van der Waals surface area contributed by atoms with Crippen LogP contribution >= 0.6 is 11.3 Å². The fraction of sp³-hybridized carbons (Fsp3) is 0.368. The van der Waals surface area contributed by atoms with Crippen LogP contribution in [0, 0.1) is 12.8 Å². The molecule has 2 unspecified atom stereocenters. The van der Waals surface area contributed by atoms with Gasteiger partial charge in [0.25, 0.3) is 0 Å². The van der Waals surface area contributed by atoms with Crippen molar-refractivity contribution in [1.82, 2.24) is 0 Å². The van der Waals surface area contributed by atoms with Crippen LogP contribution in [0.15, 0.2) is 30.3 Å². The van der Waals surface area contributed by atoms with Crippen molar-refractivity contribution in [2.24, 2.45) is 5.92 Å². The molecule has 2 aromatic rings. The normalized spacial score (nSPS) is 19.0. The van der Waals surface area contributed by atoms with Crippen LogP contribution in [-0.4, -0.2) is 19.0 Å². The number of hydrogen-bond acceptors (Lipinski definition) is 4. The first kappa shape index (κ1) is 16.7. The quantitative estimate of drug-likeness (QED) is 0.830. The molecule has 2 atom stereocenters. The molecule has 1 amide bonds. The Labute approximate surface area is 145 Å².